The van der Waals surface area contributed by atoms with E-state index in [0.29, 0.717) is 23.8 Å². The fourth-order valence-electron chi connectivity index (χ4n) is 3.51. The SMILES string of the molecule is CNc1nc(C)c(-c2nc(Nc3cccc(N4C=CN(C(C)=O)CCC4)c3)ncc2C#N)s1. The van der Waals surface area contributed by atoms with Crippen molar-refractivity contribution in [3.05, 3.63) is 54.1 Å². The zero-order chi connectivity index (χ0) is 23.4. The van der Waals surface area contributed by atoms with Gasteiger partial charge in [0.25, 0.3) is 0 Å². The monoisotopic (exact) mass is 460 g/mol. The molecule has 0 radical (unpaired) electrons. The Labute approximate surface area is 196 Å². The molecule has 0 bridgehead atoms. The van der Waals surface area contributed by atoms with E-state index in [4.69, 9.17) is 0 Å². The van der Waals surface area contributed by atoms with Crippen LogP contribution in [0.3, 0.4) is 0 Å². The molecule has 33 heavy (non-hydrogen) atoms. The summed E-state index contributed by atoms with van der Waals surface area (Å²) in [4.78, 5) is 29.8. The summed E-state index contributed by atoms with van der Waals surface area (Å²) in [6.45, 7) is 4.98. The van der Waals surface area contributed by atoms with Gasteiger partial charge in [-0.25, -0.2) is 15.0 Å². The van der Waals surface area contributed by atoms with Crippen molar-refractivity contribution in [2.75, 3.05) is 35.7 Å². The lowest BCUT2D eigenvalue weighted by molar-refractivity contribution is -0.126. The predicted octanol–water partition coefficient (Wildman–Crippen LogP) is 4.10. The number of hydrogen-bond acceptors (Lipinski definition) is 9. The van der Waals surface area contributed by atoms with Crippen molar-refractivity contribution < 1.29 is 4.79 Å². The number of nitrogens with zero attached hydrogens (tertiary/aromatic N) is 6. The van der Waals surface area contributed by atoms with Gasteiger partial charge < -0.3 is 20.4 Å². The number of nitrogens with one attached hydrogen (secondary N) is 2. The molecular formula is C23H24N8OS. The minimum Gasteiger partial charge on any atom is -0.365 e. The molecule has 0 unspecified atom stereocenters. The van der Waals surface area contributed by atoms with Gasteiger partial charge in [-0.05, 0) is 31.5 Å². The quantitative estimate of drug-likeness (QED) is 0.586. The van der Waals surface area contributed by atoms with Crippen LogP contribution >= 0.6 is 11.3 Å². The number of aryl methyl sites for hydroxylation is 1. The van der Waals surface area contributed by atoms with Crippen LogP contribution in [0, 0.1) is 18.3 Å². The lowest BCUT2D eigenvalue weighted by Gasteiger charge is -2.19. The predicted molar refractivity (Wildman–Crippen MR) is 130 cm³/mol. The van der Waals surface area contributed by atoms with Crippen molar-refractivity contribution in [3.63, 3.8) is 0 Å². The number of thiazole rings is 1. The van der Waals surface area contributed by atoms with Gasteiger partial charge in [0.15, 0.2) is 5.13 Å². The number of aromatic nitrogens is 3. The maximum Gasteiger partial charge on any atom is 0.227 e. The van der Waals surface area contributed by atoms with Crippen LogP contribution in [0.5, 0.6) is 0 Å². The van der Waals surface area contributed by atoms with E-state index in [2.05, 4.69) is 36.6 Å². The highest BCUT2D eigenvalue weighted by Crippen LogP contribution is 2.34. The number of nitriles is 1. The van der Waals surface area contributed by atoms with Crippen molar-refractivity contribution >= 4 is 39.7 Å². The Morgan fingerprint density at radius 2 is 2.09 bits per heavy atom. The first-order valence-electron chi connectivity index (χ1n) is 10.5. The lowest BCUT2D eigenvalue weighted by Crippen LogP contribution is -2.23. The smallest absolute Gasteiger partial charge is 0.227 e. The molecule has 1 aliphatic heterocycles. The van der Waals surface area contributed by atoms with Crippen LogP contribution in [-0.2, 0) is 4.79 Å². The average Bonchev–Trinajstić information content (AvgIpc) is 3.02. The first-order chi connectivity index (χ1) is 16.0. The highest BCUT2D eigenvalue weighted by molar-refractivity contribution is 7.19. The van der Waals surface area contributed by atoms with Gasteiger partial charge in [0.05, 0.1) is 22.3 Å². The Morgan fingerprint density at radius 1 is 1.24 bits per heavy atom. The molecule has 1 aliphatic rings. The summed E-state index contributed by atoms with van der Waals surface area (Å²) >= 11 is 1.45. The van der Waals surface area contributed by atoms with Crippen molar-refractivity contribution in [3.8, 4) is 16.6 Å². The van der Waals surface area contributed by atoms with Gasteiger partial charge in [-0.2, -0.15) is 5.26 Å². The number of amides is 1. The van der Waals surface area contributed by atoms with E-state index in [1.807, 2.05) is 50.6 Å². The Balaban J connectivity index is 1.60. The molecule has 168 valence electrons. The van der Waals surface area contributed by atoms with Gasteiger partial charge in [0.2, 0.25) is 11.9 Å². The zero-order valence-corrected chi connectivity index (χ0v) is 19.5. The van der Waals surface area contributed by atoms with Crippen LogP contribution in [0.25, 0.3) is 10.6 Å². The molecule has 3 aromatic rings. The molecule has 0 atom stereocenters. The maximum absolute atomic E-state index is 11.7. The highest BCUT2D eigenvalue weighted by atomic mass is 32.1. The second kappa shape index (κ2) is 9.67. The summed E-state index contributed by atoms with van der Waals surface area (Å²) in [5.74, 6) is 0.435. The number of anilines is 4. The minimum atomic E-state index is 0.0373. The Kier molecular flexibility index (Phi) is 6.51. The van der Waals surface area contributed by atoms with Gasteiger partial charge in [-0.15, -0.1) is 0 Å². The molecule has 0 fully saturated rings. The van der Waals surface area contributed by atoms with Crippen LogP contribution in [0.1, 0.15) is 24.6 Å². The lowest BCUT2D eigenvalue weighted by atomic mass is 10.2. The van der Waals surface area contributed by atoms with Crippen molar-refractivity contribution in [1.82, 2.24) is 19.9 Å². The van der Waals surface area contributed by atoms with Crippen LogP contribution in [0.2, 0.25) is 0 Å². The van der Waals surface area contributed by atoms with Gasteiger partial charge in [0, 0.05) is 50.8 Å². The highest BCUT2D eigenvalue weighted by Gasteiger charge is 2.17. The molecule has 1 aromatic carbocycles. The number of carbonyl (C=O) groups excluding carboxylic acids is 1. The first-order valence-corrected chi connectivity index (χ1v) is 11.3. The van der Waals surface area contributed by atoms with Crippen LogP contribution in [0.4, 0.5) is 22.5 Å². The van der Waals surface area contributed by atoms with Crippen LogP contribution in [0.15, 0.2) is 42.9 Å². The third-order valence-electron chi connectivity index (χ3n) is 5.20. The fourth-order valence-corrected chi connectivity index (χ4v) is 4.43. The third-order valence-corrected chi connectivity index (χ3v) is 6.38. The summed E-state index contributed by atoms with van der Waals surface area (Å²) in [6, 6.07) is 10.1. The first kappa shape index (κ1) is 22.2. The summed E-state index contributed by atoms with van der Waals surface area (Å²) in [7, 11) is 1.81. The molecule has 0 saturated carbocycles. The van der Waals surface area contributed by atoms with Crippen LogP contribution < -0.4 is 15.5 Å². The molecule has 0 saturated heterocycles. The average molecular weight is 461 g/mol. The maximum atomic E-state index is 11.7. The molecule has 4 rings (SSSR count). The third kappa shape index (κ3) is 4.94. The van der Waals surface area contributed by atoms with Crippen molar-refractivity contribution in [2.24, 2.45) is 0 Å². The van der Waals surface area contributed by atoms with Gasteiger partial charge in [-0.1, -0.05) is 17.4 Å². The standard InChI is InChI=1S/C23H24N8OS/c1-15-21(33-23(25-3)27-15)20-17(13-24)14-26-22(29-20)28-18-6-4-7-19(12-18)31-9-5-8-30(10-11-31)16(2)32/h4,6-7,10-12,14H,5,8-9H2,1-3H3,(H,25,27)(H,26,28,29). The van der Waals surface area contributed by atoms with E-state index in [1.165, 1.54) is 17.5 Å². The zero-order valence-electron chi connectivity index (χ0n) is 18.7. The fraction of sp³-hybridized carbons (Fsp3) is 0.261. The van der Waals surface area contributed by atoms with Gasteiger partial charge in [0.1, 0.15) is 11.8 Å². The van der Waals surface area contributed by atoms with E-state index >= 15 is 0 Å². The Hall–Kier alpha value is -3.97. The minimum absolute atomic E-state index is 0.0373. The topological polar surface area (TPSA) is 110 Å². The van der Waals surface area contributed by atoms with Gasteiger partial charge in [-0.3, -0.25) is 4.79 Å². The van der Waals surface area contributed by atoms with E-state index in [9.17, 15) is 10.1 Å². The molecule has 0 aliphatic carbocycles. The molecule has 2 aromatic heterocycles. The number of rotatable bonds is 5. The molecule has 9 nitrogen and oxygen atoms in total. The van der Waals surface area contributed by atoms with Crippen LogP contribution in [-0.4, -0.2) is 45.9 Å². The largest absolute Gasteiger partial charge is 0.365 e. The molecule has 0 spiro atoms. The molecule has 10 heteroatoms. The molecule has 1 amide bonds. The van der Waals surface area contributed by atoms with Crippen molar-refractivity contribution in [1.29, 1.82) is 5.26 Å². The number of benzene rings is 1. The summed E-state index contributed by atoms with van der Waals surface area (Å²) in [5.41, 5.74) is 3.57. The molecular weight excluding hydrogens is 436 g/mol. The number of carbonyl (C=O) groups is 1. The summed E-state index contributed by atoms with van der Waals surface area (Å²) in [5, 5.41) is 16.6. The van der Waals surface area contributed by atoms with E-state index in [-0.39, 0.29) is 5.91 Å². The second-order valence-corrected chi connectivity index (χ2v) is 8.48. The Morgan fingerprint density at radius 3 is 2.82 bits per heavy atom. The Bertz CT molecular complexity index is 1250. The normalized spacial score (nSPS) is 13.4. The number of hydrogen-bond donors (Lipinski definition) is 2. The van der Waals surface area contributed by atoms with Crippen molar-refractivity contribution in [2.45, 2.75) is 20.3 Å². The van der Waals surface area contributed by atoms with E-state index in [1.54, 1.807) is 11.8 Å². The molecule has 2 N–H and O–H groups in total. The van der Waals surface area contributed by atoms with Gasteiger partial charge >= 0.3 is 0 Å². The van der Waals surface area contributed by atoms with E-state index in [0.717, 1.165) is 40.0 Å². The van der Waals surface area contributed by atoms with E-state index < -0.39 is 0 Å². The molecule has 3 heterocycles. The second-order valence-electron chi connectivity index (χ2n) is 7.48. The summed E-state index contributed by atoms with van der Waals surface area (Å²) < 4.78 is 0. The summed E-state index contributed by atoms with van der Waals surface area (Å²) in [6.07, 6.45) is 6.15.